The number of carbonyl (C=O) groups excluding carboxylic acids is 1. The first-order valence-electron chi connectivity index (χ1n) is 7.92. The van der Waals surface area contributed by atoms with Gasteiger partial charge in [-0.05, 0) is 44.0 Å². The van der Waals surface area contributed by atoms with Gasteiger partial charge in [-0.25, -0.2) is 9.78 Å². The highest BCUT2D eigenvalue weighted by atomic mass is 35.5. The van der Waals surface area contributed by atoms with Crippen LogP contribution in [0.15, 0.2) is 34.2 Å². The smallest absolute Gasteiger partial charge is 0.348 e. The Hall–Kier alpha value is -2.51. The third kappa shape index (κ3) is 3.40. The highest BCUT2D eigenvalue weighted by molar-refractivity contribution is 7.20. The quantitative estimate of drug-likeness (QED) is 0.502. The summed E-state index contributed by atoms with van der Waals surface area (Å²) >= 11 is 7.03. The fourth-order valence-corrected chi connectivity index (χ4v) is 3.71. The topological polar surface area (TPSA) is 73.5 Å². The molecule has 0 aliphatic carbocycles. The van der Waals surface area contributed by atoms with Gasteiger partial charge in [-0.3, -0.25) is 4.79 Å². The van der Waals surface area contributed by atoms with Gasteiger partial charge in [0.25, 0.3) is 5.56 Å². The molecular weight excluding hydrogens is 374 g/mol. The summed E-state index contributed by atoms with van der Waals surface area (Å²) in [6, 6.07) is 7.09. The maximum Gasteiger partial charge on any atom is 0.348 e. The molecule has 2 aromatic heterocycles. The third-order valence-corrected chi connectivity index (χ3v) is 5.18. The number of rotatable bonds is 4. The predicted octanol–water partition coefficient (Wildman–Crippen LogP) is 3.79. The summed E-state index contributed by atoms with van der Waals surface area (Å²) in [5.41, 5.74) is 1.05. The second kappa shape index (κ2) is 7.39. The van der Waals surface area contributed by atoms with Gasteiger partial charge >= 0.3 is 5.97 Å². The fraction of sp³-hybridized carbons (Fsp3) is 0.222. The standard InChI is InChI=1S/C18H16ClN3O3S/c1-4-25-18(24)15-10(2)14-16(26-15)21-11(3)22(17(14)23)20-9-12-5-7-13(19)8-6-12/h5-9H,4H2,1-3H3/b20-9-. The van der Waals surface area contributed by atoms with Gasteiger partial charge in [0.05, 0.1) is 18.2 Å². The second-order valence-electron chi connectivity index (χ2n) is 5.53. The van der Waals surface area contributed by atoms with Crippen molar-refractivity contribution in [3.63, 3.8) is 0 Å². The van der Waals surface area contributed by atoms with Crippen molar-refractivity contribution >= 4 is 45.3 Å². The van der Waals surface area contributed by atoms with Crippen LogP contribution < -0.4 is 5.56 Å². The van der Waals surface area contributed by atoms with E-state index in [9.17, 15) is 9.59 Å². The van der Waals surface area contributed by atoms with Gasteiger partial charge < -0.3 is 4.74 Å². The summed E-state index contributed by atoms with van der Waals surface area (Å²) in [5.74, 6) is -0.00867. The van der Waals surface area contributed by atoms with Crippen molar-refractivity contribution in [2.24, 2.45) is 5.10 Å². The zero-order chi connectivity index (χ0) is 18.8. The molecule has 0 saturated carbocycles. The monoisotopic (exact) mass is 389 g/mol. The van der Waals surface area contributed by atoms with E-state index in [1.54, 1.807) is 51.3 Å². The lowest BCUT2D eigenvalue weighted by Gasteiger charge is -2.03. The minimum absolute atomic E-state index is 0.272. The summed E-state index contributed by atoms with van der Waals surface area (Å²) < 4.78 is 6.28. The maximum atomic E-state index is 12.9. The van der Waals surface area contributed by atoms with Crippen molar-refractivity contribution in [3.05, 3.63) is 61.5 Å². The van der Waals surface area contributed by atoms with E-state index in [2.05, 4.69) is 10.1 Å². The molecule has 8 heteroatoms. The van der Waals surface area contributed by atoms with Crippen molar-refractivity contribution in [3.8, 4) is 0 Å². The number of halogens is 1. The Labute approximate surface area is 158 Å². The van der Waals surface area contributed by atoms with E-state index in [1.165, 1.54) is 4.68 Å². The number of hydrogen-bond donors (Lipinski definition) is 0. The maximum absolute atomic E-state index is 12.9. The van der Waals surface area contributed by atoms with Crippen molar-refractivity contribution in [1.29, 1.82) is 0 Å². The number of carbonyl (C=O) groups is 1. The van der Waals surface area contributed by atoms with Crippen LogP contribution in [0, 0.1) is 13.8 Å². The van der Waals surface area contributed by atoms with Crippen LogP contribution in [0.2, 0.25) is 5.02 Å². The highest BCUT2D eigenvalue weighted by Gasteiger charge is 2.21. The summed E-state index contributed by atoms with van der Waals surface area (Å²) in [6.45, 7) is 5.42. The summed E-state index contributed by atoms with van der Waals surface area (Å²) in [4.78, 5) is 30.3. The minimum Gasteiger partial charge on any atom is -0.462 e. The second-order valence-corrected chi connectivity index (χ2v) is 6.96. The molecule has 0 aliphatic heterocycles. The third-order valence-electron chi connectivity index (χ3n) is 3.76. The Balaban J connectivity index is 2.09. The van der Waals surface area contributed by atoms with Crippen LogP contribution in [0.25, 0.3) is 10.2 Å². The van der Waals surface area contributed by atoms with E-state index in [4.69, 9.17) is 16.3 Å². The van der Waals surface area contributed by atoms with Gasteiger partial charge in [-0.15, -0.1) is 11.3 Å². The first-order valence-corrected chi connectivity index (χ1v) is 9.11. The molecule has 3 aromatic rings. The number of fused-ring (bicyclic) bond motifs is 1. The molecule has 0 radical (unpaired) electrons. The molecule has 0 aliphatic rings. The van der Waals surface area contributed by atoms with Gasteiger partial charge in [-0.2, -0.15) is 9.78 Å². The summed E-state index contributed by atoms with van der Waals surface area (Å²) in [5, 5.41) is 5.26. The Kier molecular flexibility index (Phi) is 5.20. The number of esters is 1. The molecule has 6 nitrogen and oxygen atoms in total. The lowest BCUT2D eigenvalue weighted by Crippen LogP contribution is -2.20. The lowest BCUT2D eigenvalue weighted by atomic mass is 10.2. The van der Waals surface area contributed by atoms with E-state index in [-0.39, 0.29) is 12.2 Å². The van der Waals surface area contributed by atoms with E-state index < -0.39 is 5.97 Å². The van der Waals surface area contributed by atoms with Crippen LogP contribution in [0.4, 0.5) is 0 Å². The van der Waals surface area contributed by atoms with Crippen LogP contribution in [-0.4, -0.2) is 28.5 Å². The zero-order valence-corrected chi connectivity index (χ0v) is 16.0. The molecule has 0 N–H and O–H groups in total. The van der Waals surface area contributed by atoms with Crippen LogP contribution in [-0.2, 0) is 4.74 Å². The molecule has 1 aromatic carbocycles. The number of benzene rings is 1. The average molecular weight is 390 g/mol. The number of hydrogen-bond acceptors (Lipinski definition) is 6. The predicted molar refractivity (Wildman–Crippen MR) is 104 cm³/mol. The van der Waals surface area contributed by atoms with Crippen LogP contribution in [0.5, 0.6) is 0 Å². The highest BCUT2D eigenvalue weighted by Crippen LogP contribution is 2.28. The molecule has 0 unspecified atom stereocenters. The Morgan fingerprint density at radius 3 is 2.69 bits per heavy atom. The van der Waals surface area contributed by atoms with E-state index in [0.717, 1.165) is 16.9 Å². The first-order chi connectivity index (χ1) is 12.4. The van der Waals surface area contributed by atoms with Gasteiger partial charge in [0, 0.05) is 5.02 Å². The SMILES string of the molecule is CCOC(=O)c1sc2nc(C)n(/N=C\c3ccc(Cl)cc3)c(=O)c2c1C. The molecule has 0 fully saturated rings. The zero-order valence-electron chi connectivity index (χ0n) is 14.4. The molecule has 3 rings (SSSR count). The van der Waals surface area contributed by atoms with Gasteiger partial charge in [-0.1, -0.05) is 23.7 Å². The number of thiophene rings is 1. The molecule has 0 saturated heterocycles. The van der Waals surface area contributed by atoms with E-state index >= 15 is 0 Å². The van der Waals surface area contributed by atoms with Crippen molar-refractivity contribution < 1.29 is 9.53 Å². The van der Waals surface area contributed by atoms with Crippen LogP contribution >= 0.6 is 22.9 Å². The number of aryl methyl sites for hydroxylation is 2. The number of ether oxygens (including phenoxy) is 1. The van der Waals surface area contributed by atoms with Gasteiger partial charge in [0.15, 0.2) is 0 Å². The van der Waals surface area contributed by atoms with Gasteiger partial charge in [0.1, 0.15) is 15.5 Å². The number of aromatic nitrogens is 2. The Morgan fingerprint density at radius 2 is 2.04 bits per heavy atom. The molecular formula is C18H16ClN3O3S. The molecule has 0 spiro atoms. The van der Waals surface area contributed by atoms with E-state index in [0.29, 0.717) is 31.5 Å². The van der Waals surface area contributed by atoms with Gasteiger partial charge in [0.2, 0.25) is 0 Å². The molecule has 0 bridgehead atoms. The number of nitrogens with zero attached hydrogens (tertiary/aromatic N) is 3. The van der Waals surface area contributed by atoms with Crippen molar-refractivity contribution in [1.82, 2.24) is 9.66 Å². The molecule has 2 heterocycles. The van der Waals surface area contributed by atoms with Crippen LogP contribution in [0.1, 0.15) is 33.5 Å². The fourth-order valence-electron chi connectivity index (χ4n) is 2.48. The van der Waals surface area contributed by atoms with Crippen LogP contribution in [0.3, 0.4) is 0 Å². The molecule has 0 atom stereocenters. The Morgan fingerprint density at radius 1 is 1.35 bits per heavy atom. The molecule has 0 amide bonds. The normalized spacial score (nSPS) is 11.4. The Bertz CT molecular complexity index is 1070. The molecule has 134 valence electrons. The summed E-state index contributed by atoms with van der Waals surface area (Å²) in [7, 11) is 0. The van der Waals surface area contributed by atoms with E-state index in [1.807, 2.05) is 0 Å². The lowest BCUT2D eigenvalue weighted by molar-refractivity contribution is 0.0531. The van der Waals surface area contributed by atoms with Crippen molar-refractivity contribution in [2.45, 2.75) is 20.8 Å². The average Bonchev–Trinajstić information content (AvgIpc) is 2.93. The molecule has 26 heavy (non-hydrogen) atoms. The largest absolute Gasteiger partial charge is 0.462 e. The van der Waals surface area contributed by atoms with Crippen molar-refractivity contribution in [2.75, 3.05) is 6.61 Å². The first kappa shape index (κ1) is 18.3. The summed E-state index contributed by atoms with van der Waals surface area (Å²) in [6.07, 6.45) is 1.56. The minimum atomic E-state index is -0.443.